The van der Waals surface area contributed by atoms with Crippen molar-refractivity contribution in [1.29, 1.82) is 0 Å². The third-order valence-corrected chi connectivity index (χ3v) is 6.20. The van der Waals surface area contributed by atoms with E-state index in [1.165, 1.54) is 35.2 Å². The highest BCUT2D eigenvalue weighted by atomic mass is 32.2. The summed E-state index contributed by atoms with van der Waals surface area (Å²) in [7, 11) is 0. The zero-order valence-electron chi connectivity index (χ0n) is 14.7. The molecule has 0 N–H and O–H groups in total. The van der Waals surface area contributed by atoms with Gasteiger partial charge in [-0.3, -0.25) is 4.79 Å². The van der Waals surface area contributed by atoms with E-state index in [1.54, 1.807) is 15.6 Å². The molecule has 0 saturated heterocycles. The Morgan fingerprint density at radius 1 is 1.26 bits per heavy atom. The molecule has 1 aromatic heterocycles. The molecule has 0 unspecified atom stereocenters. The quantitative estimate of drug-likeness (QED) is 0.401. The van der Waals surface area contributed by atoms with Gasteiger partial charge in [0, 0.05) is 13.1 Å². The predicted molar refractivity (Wildman–Crippen MR) is 110 cm³/mol. The molecule has 2 aromatic carbocycles. The third-order valence-electron chi connectivity index (χ3n) is 3.85. The Labute approximate surface area is 170 Å². The van der Waals surface area contributed by atoms with Crippen LogP contribution in [0.3, 0.4) is 0 Å². The molecular weight excluding hydrogens is 401 g/mol. The Bertz CT molecular complexity index is 972. The largest absolute Gasteiger partial charge is 0.338 e. The lowest BCUT2D eigenvalue weighted by atomic mass is 10.2. The molecule has 0 aliphatic heterocycles. The zero-order valence-corrected chi connectivity index (χ0v) is 17.1. The van der Waals surface area contributed by atoms with Crippen molar-refractivity contribution in [2.45, 2.75) is 17.8 Å². The van der Waals surface area contributed by atoms with Crippen molar-refractivity contribution < 1.29 is 9.18 Å². The molecule has 0 fully saturated rings. The number of thioether (sulfide) groups is 1. The number of benzene rings is 2. The van der Waals surface area contributed by atoms with Gasteiger partial charge in [0.15, 0.2) is 8.29 Å². The average Bonchev–Trinajstić information content (AvgIpc) is 3.05. The van der Waals surface area contributed by atoms with Gasteiger partial charge in [-0.2, -0.15) is 0 Å². The molecule has 0 bridgehead atoms. The first kappa shape index (κ1) is 19.7. The van der Waals surface area contributed by atoms with Crippen molar-refractivity contribution in [1.82, 2.24) is 14.7 Å². The van der Waals surface area contributed by atoms with E-state index in [1.807, 2.05) is 43.3 Å². The summed E-state index contributed by atoms with van der Waals surface area (Å²) in [6.45, 7) is 2.86. The molecule has 4 nitrogen and oxygen atoms in total. The van der Waals surface area contributed by atoms with Crippen LogP contribution in [-0.4, -0.2) is 32.9 Å². The van der Waals surface area contributed by atoms with Crippen molar-refractivity contribution in [3.8, 4) is 5.69 Å². The Hall–Kier alpha value is -2.03. The number of amides is 1. The highest BCUT2D eigenvalue weighted by molar-refractivity contribution is 8.01. The highest BCUT2D eigenvalue weighted by Gasteiger charge is 2.15. The number of nitrogens with zero attached hydrogens (tertiary/aromatic N) is 3. The van der Waals surface area contributed by atoms with E-state index in [2.05, 4.69) is 5.10 Å². The van der Waals surface area contributed by atoms with E-state index in [0.717, 1.165) is 15.6 Å². The Balaban J connectivity index is 1.63. The average molecular weight is 420 g/mol. The Kier molecular flexibility index (Phi) is 6.76. The monoisotopic (exact) mass is 419 g/mol. The van der Waals surface area contributed by atoms with Crippen LogP contribution in [0.15, 0.2) is 58.9 Å². The van der Waals surface area contributed by atoms with E-state index in [9.17, 15) is 9.18 Å². The van der Waals surface area contributed by atoms with Gasteiger partial charge in [0.1, 0.15) is 5.82 Å². The van der Waals surface area contributed by atoms with Crippen LogP contribution in [0.1, 0.15) is 12.5 Å². The number of carbonyl (C=O) groups excluding carboxylic acids is 1. The molecule has 0 spiro atoms. The van der Waals surface area contributed by atoms with Crippen LogP contribution in [0.5, 0.6) is 0 Å². The van der Waals surface area contributed by atoms with Gasteiger partial charge in [-0.1, -0.05) is 53.4 Å². The fourth-order valence-electron chi connectivity index (χ4n) is 2.50. The maximum Gasteiger partial charge on any atom is 0.233 e. The van der Waals surface area contributed by atoms with Crippen LogP contribution in [0.2, 0.25) is 0 Å². The zero-order chi connectivity index (χ0) is 19.2. The third kappa shape index (κ3) is 5.24. The number of rotatable bonds is 7. The maximum absolute atomic E-state index is 13.3. The summed E-state index contributed by atoms with van der Waals surface area (Å²) in [5.41, 5.74) is 1.68. The number of para-hydroxylation sites is 1. The predicted octanol–water partition coefficient (Wildman–Crippen LogP) is 4.94. The minimum atomic E-state index is -0.295. The van der Waals surface area contributed by atoms with Crippen molar-refractivity contribution in [3.05, 3.63) is 69.9 Å². The number of halogens is 1. The second kappa shape index (κ2) is 9.25. The van der Waals surface area contributed by atoms with Crippen LogP contribution in [0, 0.1) is 9.77 Å². The molecule has 8 heteroatoms. The van der Waals surface area contributed by atoms with Crippen molar-refractivity contribution in [3.63, 3.8) is 0 Å². The summed E-state index contributed by atoms with van der Waals surface area (Å²) in [5.74, 6) is -0.0454. The van der Waals surface area contributed by atoms with Crippen molar-refractivity contribution >= 4 is 41.2 Å². The molecule has 3 aromatic rings. The van der Waals surface area contributed by atoms with Crippen LogP contribution in [-0.2, 0) is 11.3 Å². The van der Waals surface area contributed by atoms with Gasteiger partial charge in [0.05, 0.1) is 11.4 Å². The van der Waals surface area contributed by atoms with Gasteiger partial charge in [0.25, 0.3) is 0 Å². The van der Waals surface area contributed by atoms with Gasteiger partial charge in [-0.05, 0) is 49.0 Å². The summed E-state index contributed by atoms with van der Waals surface area (Å²) < 4.78 is 16.4. The number of carbonyl (C=O) groups is 1. The smallest absolute Gasteiger partial charge is 0.233 e. The summed E-state index contributed by atoms with van der Waals surface area (Å²) in [6, 6.07) is 16.0. The van der Waals surface area contributed by atoms with Crippen LogP contribution >= 0.6 is 35.3 Å². The molecule has 0 aliphatic carbocycles. The van der Waals surface area contributed by atoms with Gasteiger partial charge in [0.2, 0.25) is 5.91 Å². The Morgan fingerprint density at radius 3 is 2.74 bits per heavy atom. The summed E-state index contributed by atoms with van der Waals surface area (Å²) >= 11 is 8.14. The minimum absolute atomic E-state index is 0.0147. The summed E-state index contributed by atoms with van der Waals surface area (Å²) in [6.07, 6.45) is 0. The lowest BCUT2D eigenvalue weighted by Crippen LogP contribution is -2.31. The number of aromatic nitrogens is 2. The normalized spacial score (nSPS) is 10.7. The summed E-state index contributed by atoms with van der Waals surface area (Å²) in [5, 5.41) is 4.51. The lowest BCUT2D eigenvalue weighted by molar-refractivity contribution is -0.128. The molecule has 1 amide bonds. The van der Waals surface area contributed by atoms with Crippen LogP contribution in [0.4, 0.5) is 4.39 Å². The fourth-order valence-corrected chi connectivity index (χ4v) is 4.76. The second-order valence-corrected chi connectivity index (χ2v) is 8.55. The van der Waals surface area contributed by atoms with Gasteiger partial charge in [-0.15, -0.1) is 5.10 Å². The van der Waals surface area contributed by atoms with Crippen LogP contribution < -0.4 is 0 Å². The molecule has 0 aliphatic rings. The van der Waals surface area contributed by atoms with E-state index in [0.29, 0.717) is 17.0 Å². The molecule has 27 heavy (non-hydrogen) atoms. The molecule has 0 saturated carbocycles. The van der Waals surface area contributed by atoms with Crippen molar-refractivity contribution in [2.24, 2.45) is 0 Å². The van der Waals surface area contributed by atoms with E-state index >= 15 is 0 Å². The molecule has 1 heterocycles. The van der Waals surface area contributed by atoms with Gasteiger partial charge < -0.3 is 4.90 Å². The number of hydrogen-bond donors (Lipinski definition) is 0. The van der Waals surface area contributed by atoms with Gasteiger partial charge >= 0.3 is 0 Å². The van der Waals surface area contributed by atoms with E-state index < -0.39 is 0 Å². The molecule has 0 atom stereocenters. The summed E-state index contributed by atoms with van der Waals surface area (Å²) in [4.78, 5) is 14.3. The van der Waals surface area contributed by atoms with E-state index in [-0.39, 0.29) is 17.5 Å². The Morgan fingerprint density at radius 2 is 2.04 bits per heavy atom. The lowest BCUT2D eigenvalue weighted by Gasteiger charge is -2.20. The SMILES string of the molecule is CCN(Cc1cccc(F)c1)C(=O)CSc1nn(-c2ccccc2)c(=S)s1. The molecule has 0 radical (unpaired) electrons. The van der Waals surface area contributed by atoms with Crippen molar-refractivity contribution in [2.75, 3.05) is 12.3 Å². The first-order valence-corrected chi connectivity index (χ1v) is 10.6. The standard InChI is InChI=1S/C19H18FN3OS3/c1-2-22(12-14-7-6-8-15(20)11-14)17(24)13-26-18-21-23(19(25)27-18)16-9-4-3-5-10-16/h3-11H,2,12-13H2,1H3. The first-order valence-electron chi connectivity index (χ1n) is 8.37. The number of hydrogen-bond acceptors (Lipinski definition) is 5. The highest BCUT2D eigenvalue weighted by Crippen LogP contribution is 2.24. The minimum Gasteiger partial charge on any atom is -0.338 e. The van der Waals surface area contributed by atoms with E-state index in [4.69, 9.17) is 12.2 Å². The van der Waals surface area contributed by atoms with Gasteiger partial charge in [-0.25, -0.2) is 9.07 Å². The molecule has 3 rings (SSSR count). The fraction of sp³-hybridized carbons (Fsp3) is 0.211. The molecular formula is C19H18FN3OS3. The molecule has 140 valence electrons. The van der Waals surface area contributed by atoms with Crippen LogP contribution in [0.25, 0.3) is 5.69 Å². The first-order chi connectivity index (χ1) is 13.1. The maximum atomic E-state index is 13.3. The topological polar surface area (TPSA) is 38.1 Å². The second-order valence-electron chi connectivity index (χ2n) is 5.71.